The molecule has 1 amide bonds. The Morgan fingerprint density at radius 2 is 2.20 bits per heavy atom. The maximum absolute atomic E-state index is 11.7. The first-order valence-corrected chi connectivity index (χ1v) is 7.21. The second-order valence-electron chi connectivity index (χ2n) is 5.01. The topological polar surface area (TPSA) is 100 Å². The minimum Gasteiger partial charge on any atom is -0.409 e. The Labute approximate surface area is 120 Å². The van der Waals surface area contributed by atoms with Crippen LogP contribution in [-0.4, -0.2) is 60.7 Å². The molecular weight excluding hydrogens is 260 g/mol. The highest BCUT2D eigenvalue weighted by Crippen LogP contribution is 2.10. The first-order valence-electron chi connectivity index (χ1n) is 7.21. The number of amidine groups is 1. The van der Waals surface area contributed by atoms with Crippen molar-refractivity contribution in [2.24, 2.45) is 10.9 Å². The largest absolute Gasteiger partial charge is 0.409 e. The average molecular weight is 286 g/mol. The second-order valence-corrected chi connectivity index (χ2v) is 5.01. The van der Waals surface area contributed by atoms with Gasteiger partial charge in [-0.25, -0.2) is 0 Å². The van der Waals surface area contributed by atoms with E-state index in [0.717, 1.165) is 32.4 Å². The van der Waals surface area contributed by atoms with E-state index in [9.17, 15) is 4.79 Å². The zero-order valence-electron chi connectivity index (χ0n) is 12.2. The summed E-state index contributed by atoms with van der Waals surface area (Å²) in [6.07, 6.45) is 3.08. The maximum atomic E-state index is 11.7. The molecule has 0 aliphatic carbocycles. The van der Waals surface area contributed by atoms with Crippen LogP contribution in [0.4, 0.5) is 0 Å². The number of nitrogens with one attached hydrogen (secondary N) is 1. The van der Waals surface area contributed by atoms with Gasteiger partial charge in [0.1, 0.15) is 0 Å². The summed E-state index contributed by atoms with van der Waals surface area (Å²) < 4.78 is 5.21. The molecule has 0 bridgehead atoms. The van der Waals surface area contributed by atoms with Gasteiger partial charge in [0.15, 0.2) is 5.84 Å². The Bertz CT molecular complexity index is 315. The van der Waals surface area contributed by atoms with Gasteiger partial charge in [0, 0.05) is 38.8 Å². The summed E-state index contributed by atoms with van der Waals surface area (Å²) in [5, 5.41) is 14.5. The van der Waals surface area contributed by atoms with Crippen molar-refractivity contribution in [3.8, 4) is 0 Å². The van der Waals surface area contributed by atoms with E-state index in [1.165, 1.54) is 0 Å². The number of oxime groups is 1. The zero-order valence-corrected chi connectivity index (χ0v) is 12.2. The number of hydrogen-bond acceptors (Lipinski definition) is 5. The molecule has 0 atom stereocenters. The third kappa shape index (κ3) is 6.72. The summed E-state index contributed by atoms with van der Waals surface area (Å²) in [5.74, 6) is 0.322. The Morgan fingerprint density at radius 3 is 2.80 bits per heavy atom. The summed E-state index contributed by atoms with van der Waals surface area (Å²) in [7, 11) is 0. The lowest BCUT2D eigenvalue weighted by Gasteiger charge is -2.31. The average Bonchev–Trinajstić information content (AvgIpc) is 2.45. The normalized spacial score (nSPS) is 18.1. The van der Waals surface area contributed by atoms with E-state index in [2.05, 4.69) is 15.4 Å². The first-order chi connectivity index (χ1) is 9.65. The number of nitrogens with two attached hydrogens (primary N) is 1. The summed E-state index contributed by atoms with van der Waals surface area (Å²) in [6, 6.07) is 0.234. The Morgan fingerprint density at radius 1 is 1.50 bits per heavy atom. The monoisotopic (exact) mass is 286 g/mol. The van der Waals surface area contributed by atoms with Crippen LogP contribution in [0.3, 0.4) is 0 Å². The van der Waals surface area contributed by atoms with E-state index in [0.29, 0.717) is 26.2 Å². The molecule has 1 rings (SSSR count). The van der Waals surface area contributed by atoms with Crippen molar-refractivity contribution >= 4 is 11.7 Å². The Hall–Kier alpha value is -1.34. The van der Waals surface area contributed by atoms with Crippen LogP contribution in [0.1, 0.15) is 32.6 Å². The van der Waals surface area contributed by atoms with E-state index < -0.39 is 0 Å². The molecule has 0 aromatic carbocycles. The van der Waals surface area contributed by atoms with Gasteiger partial charge in [0.2, 0.25) is 5.91 Å². The van der Waals surface area contributed by atoms with Crippen LogP contribution in [-0.2, 0) is 9.53 Å². The highest BCUT2D eigenvalue weighted by molar-refractivity contribution is 5.81. The van der Waals surface area contributed by atoms with E-state index in [1.807, 2.05) is 6.92 Å². The fraction of sp³-hybridized carbons (Fsp3) is 0.846. The molecule has 1 aliphatic rings. The fourth-order valence-corrected chi connectivity index (χ4v) is 2.28. The predicted octanol–water partition coefficient (Wildman–Crippen LogP) is 0.130. The maximum Gasteiger partial charge on any atom is 0.220 e. The Kier molecular flexibility index (Phi) is 7.98. The molecule has 116 valence electrons. The van der Waals surface area contributed by atoms with Gasteiger partial charge >= 0.3 is 0 Å². The van der Waals surface area contributed by atoms with Crippen molar-refractivity contribution in [1.82, 2.24) is 10.2 Å². The van der Waals surface area contributed by atoms with E-state index in [4.69, 9.17) is 15.7 Å². The fourth-order valence-electron chi connectivity index (χ4n) is 2.28. The van der Waals surface area contributed by atoms with Crippen molar-refractivity contribution in [3.63, 3.8) is 0 Å². The third-order valence-electron chi connectivity index (χ3n) is 3.36. The molecule has 1 fully saturated rings. The van der Waals surface area contributed by atoms with Crippen LogP contribution in [0.2, 0.25) is 0 Å². The van der Waals surface area contributed by atoms with Gasteiger partial charge in [-0.05, 0) is 26.2 Å². The molecular formula is C13H26N4O3. The minimum absolute atomic E-state index is 0.0968. The number of nitrogens with zero attached hydrogens (tertiary/aromatic N) is 2. The minimum atomic E-state index is 0.0968. The quantitative estimate of drug-likeness (QED) is 0.194. The van der Waals surface area contributed by atoms with Gasteiger partial charge in [-0.2, -0.15) is 0 Å². The third-order valence-corrected chi connectivity index (χ3v) is 3.36. The van der Waals surface area contributed by atoms with Gasteiger partial charge < -0.3 is 21.0 Å². The molecule has 4 N–H and O–H groups in total. The van der Waals surface area contributed by atoms with Crippen LogP contribution in [0.25, 0.3) is 0 Å². The molecule has 0 saturated carbocycles. The van der Waals surface area contributed by atoms with Crippen molar-refractivity contribution in [1.29, 1.82) is 0 Å². The van der Waals surface area contributed by atoms with Crippen molar-refractivity contribution in [2.45, 2.75) is 38.6 Å². The number of carbonyl (C=O) groups is 1. The molecule has 0 aromatic heterocycles. The molecule has 1 aliphatic heterocycles. The van der Waals surface area contributed by atoms with Crippen LogP contribution >= 0.6 is 0 Å². The van der Waals surface area contributed by atoms with E-state index >= 15 is 0 Å². The number of piperidine rings is 1. The molecule has 20 heavy (non-hydrogen) atoms. The summed E-state index contributed by atoms with van der Waals surface area (Å²) in [5.41, 5.74) is 5.48. The smallest absolute Gasteiger partial charge is 0.220 e. The second kappa shape index (κ2) is 9.55. The van der Waals surface area contributed by atoms with Gasteiger partial charge in [0.25, 0.3) is 0 Å². The van der Waals surface area contributed by atoms with Crippen molar-refractivity contribution in [2.75, 3.05) is 32.8 Å². The van der Waals surface area contributed by atoms with Gasteiger partial charge in [-0.3, -0.25) is 9.69 Å². The number of amides is 1. The van der Waals surface area contributed by atoms with Gasteiger partial charge in [-0.15, -0.1) is 0 Å². The molecule has 0 unspecified atom stereocenters. The van der Waals surface area contributed by atoms with Crippen LogP contribution in [0.5, 0.6) is 0 Å². The zero-order chi connectivity index (χ0) is 14.8. The molecule has 0 spiro atoms. The highest BCUT2D eigenvalue weighted by atomic mass is 16.5. The lowest BCUT2D eigenvalue weighted by molar-refractivity contribution is -0.122. The number of carbonyl (C=O) groups excluding carboxylic acids is 1. The van der Waals surface area contributed by atoms with Crippen LogP contribution in [0.15, 0.2) is 5.16 Å². The molecule has 0 radical (unpaired) electrons. The molecule has 1 saturated heterocycles. The lowest BCUT2D eigenvalue weighted by Crippen LogP contribution is -2.46. The van der Waals surface area contributed by atoms with Gasteiger partial charge in [-0.1, -0.05) is 5.16 Å². The van der Waals surface area contributed by atoms with Crippen LogP contribution < -0.4 is 11.1 Å². The molecule has 0 aromatic rings. The van der Waals surface area contributed by atoms with Crippen molar-refractivity contribution in [3.05, 3.63) is 0 Å². The van der Waals surface area contributed by atoms with Crippen molar-refractivity contribution < 1.29 is 14.7 Å². The standard InChI is InChI=1S/C13H26N4O3/c1-2-20-9-3-4-13(18)15-11-5-7-17(8-6-11)10-12(14)16-19/h11,19H,2-10H2,1H3,(H2,14,16)(H,15,18). The molecule has 7 heteroatoms. The van der Waals surface area contributed by atoms with Crippen LogP contribution in [0, 0.1) is 0 Å². The number of ether oxygens (including phenoxy) is 1. The summed E-state index contributed by atoms with van der Waals surface area (Å²) >= 11 is 0. The highest BCUT2D eigenvalue weighted by Gasteiger charge is 2.20. The van der Waals surface area contributed by atoms with E-state index in [-0.39, 0.29) is 17.8 Å². The Balaban J connectivity index is 2.14. The molecule has 7 nitrogen and oxygen atoms in total. The van der Waals surface area contributed by atoms with E-state index in [1.54, 1.807) is 0 Å². The van der Waals surface area contributed by atoms with Gasteiger partial charge in [0.05, 0.1) is 6.54 Å². The SMILES string of the molecule is CCOCCCC(=O)NC1CCN(CC(N)=NO)CC1. The number of rotatable bonds is 8. The number of likely N-dealkylation sites (tertiary alicyclic amines) is 1. The molecule has 1 heterocycles. The predicted molar refractivity (Wildman–Crippen MR) is 76.7 cm³/mol. The summed E-state index contributed by atoms with van der Waals surface area (Å²) in [4.78, 5) is 13.8. The summed E-state index contributed by atoms with van der Waals surface area (Å²) in [6.45, 7) is 5.45. The first kappa shape index (κ1) is 16.7. The lowest BCUT2D eigenvalue weighted by atomic mass is 10.0. The number of hydrogen-bond donors (Lipinski definition) is 3.